The van der Waals surface area contributed by atoms with E-state index in [2.05, 4.69) is 39.6 Å². The zero-order valence-electron chi connectivity index (χ0n) is 18.0. The molecule has 2 fully saturated rings. The number of guanidine groups is 1. The van der Waals surface area contributed by atoms with Crippen molar-refractivity contribution >= 4 is 5.96 Å². The van der Waals surface area contributed by atoms with Gasteiger partial charge in [0.25, 0.3) is 0 Å². The van der Waals surface area contributed by atoms with Crippen LogP contribution in [0.1, 0.15) is 32.3 Å². The van der Waals surface area contributed by atoms with Crippen molar-refractivity contribution in [2.45, 2.75) is 37.7 Å². The summed E-state index contributed by atoms with van der Waals surface area (Å²) in [5.41, 5.74) is 0.476. The van der Waals surface area contributed by atoms with E-state index in [-0.39, 0.29) is 5.41 Å². The first-order valence-corrected chi connectivity index (χ1v) is 10.7. The lowest BCUT2D eigenvalue weighted by molar-refractivity contribution is -0.0179. The highest BCUT2D eigenvalue weighted by atomic mass is 16.5. The number of nitrogens with zero attached hydrogens (tertiary/aromatic N) is 2. The molecule has 29 heavy (non-hydrogen) atoms. The molecule has 2 aliphatic rings. The van der Waals surface area contributed by atoms with Gasteiger partial charge >= 0.3 is 0 Å². The fourth-order valence-corrected chi connectivity index (χ4v) is 3.91. The summed E-state index contributed by atoms with van der Waals surface area (Å²) in [6.07, 6.45) is 2.27. The summed E-state index contributed by atoms with van der Waals surface area (Å²) in [6.45, 7) is 9.61. The standard InChI is InChI=1S/C22H36N4O3/c1-4-23-20(24-15-21(2,27)17-26-11-13-29-14-12-26)25-16-22(9-10-22)18-7-5-6-8-19(18)28-3/h5-8,27H,4,9-17H2,1-3H3,(H2,23,24,25). The molecular weight excluding hydrogens is 368 g/mol. The molecule has 7 nitrogen and oxygen atoms in total. The molecule has 3 rings (SSSR count). The number of para-hydroxylation sites is 1. The van der Waals surface area contributed by atoms with Gasteiger partial charge in [-0.3, -0.25) is 9.89 Å². The average Bonchev–Trinajstić information content (AvgIpc) is 3.51. The van der Waals surface area contributed by atoms with Gasteiger partial charge in [-0.05, 0) is 32.8 Å². The minimum Gasteiger partial charge on any atom is -0.496 e. The third-order valence-corrected chi connectivity index (χ3v) is 5.72. The highest BCUT2D eigenvalue weighted by molar-refractivity contribution is 5.80. The molecule has 1 heterocycles. The molecule has 0 aromatic heterocycles. The fourth-order valence-electron chi connectivity index (χ4n) is 3.91. The number of rotatable bonds is 9. The topological polar surface area (TPSA) is 78.4 Å². The number of benzene rings is 1. The maximum absolute atomic E-state index is 10.8. The second-order valence-corrected chi connectivity index (χ2v) is 8.41. The van der Waals surface area contributed by atoms with Gasteiger partial charge in [0.05, 0.1) is 32.5 Å². The molecule has 0 bridgehead atoms. The second-order valence-electron chi connectivity index (χ2n) is 8.41. The van der Waals surface area contributed by atoms with Crippen molar-refractivity contribution in [1.82, 2.24) is 15.5 Å². The van der Waals surface area contributed by atoms with Crippen molar-refractivity contribution < 1.29 is 14.6 Å². The molecule has 0 radical (unpaired) electrons. The summed E-state index contributed by atoms with van der Waals surface area (Å²) < 4.78 is 11.0. The van der Waals surface area contributed by atoms with Gasteiger partial charge in [-0.2, -0.15) is 0 Å². The van der Waals surface area contributed by atoms with Crippen LogP contribution in [0.5, 0.6) is 5.75 Å². The van der Waals surface area contributed by atoms with Crippen LogP contribution >= 0.6 is 0 Å². The quantitative estimate of drug-likeness (QED) is 0.426. The van der Waals surface area contributed by atoms with Crippen LogP contribution < -0.4 is 15.4 Å². The van der Waals surface area contributed by atoms with E-state index in [0.29, 0.717) is 13.1 Å². The lowest BCUT2D eigenvalue weighted by Gasteiger charge is -2.33. The van der Waals surface area contributed by atoms with Crippen molar-refractivity contribution in [2.75, 3.05) is 59.6 Å². The number of hydrogen-bond acceptors (Lipinski definition) is 5. The Balaban J connectivity index is 1.59. The van der Waals surface area contributed by atoms with Crippen molar-refractivity contribution in [3.63, 3.8) is 0 Å². The molecule has 3 N–H and O–H groups in total. The zero-order valence-corrected chi connectivity index (χ0v) is 18.0. The molecule has 1 aromatic rings. The summed E-state index contributed by atoms with van der Waals surface area (Å²) in [4.78, 5) is 6.91. The number of ether oxygens (including phenoxy) is 2. The maximum Gasteiger partial charge on any atom is 0.191 e. The minimum atomic E-state index is -0.875. The number of nitrogens with one attached hydrogen (secondary N) is 2. The molecule has 1 aliphatic carbocycles. The third kappa shape index (κ3) is 6.07. The van der Waals surface area contributed by atoms with Crippen LogP contribution in [0.2, 0.25) is 0 Å². The SMILES string of the molecule is CCNC(=NCC(C)(O)CN1CCOCC1)NCC1(c2ccccc2OC)CC1. The second kappa shape index (κ2) is 9.78. The Morgan fingerprint density at radius 1 is 1.28 bits per heavy atom. The number of aliphatic imine (C=N–C) groups is 1. The summed E-state index contributed by atoms with van der Waals surface area (Å²) in [6, 6.07) is 8.26. The number of methoxy groups -OCH3 is 1. The molecular formula is C22H36N4O3. The third-order valence-electron chi connectivity index (χ3n) is 5.72. The van der Waals surface area contributed by atoms with Crippen molar-refractivity contribution in [3.8, 4) is 5.75 Å². The van der Waals surface area contributed by atoms with Gasteiger partial charge in [0.2, 0.25) is 0 Å². The maximum atomic E-state index is 10.8. The number of hydrogen-bond donors (Lipinski definition) is 3. The largest absolute Gasteiger partial charge is 0.496 e. The van der Waals surface area contributed by atoms with Crippen LogP contribution in [0, 0.1) is 0 Å². The van der Waals surface area contributed by atoms with Crippen molar-refractivity contribution in [2.24, 2.45) is 4.99 Å². The van der Waals surface area contributed by atoms with Crippen molar-refractivity contribution in [3.05, 3.63) is 29.8 Å². The zero-order chi connectivity index (χ0) is 20.7. The summed E-state index contributed by atoms with van der Waals surface area (Å²) in [5.74, 6) is 1.69. The Bertz CT molecular complexity index is 682. The van der Waals surface area contributed by atoms with Crippen LogP contribution in [0.3, 0.4) is 0 Å². The summed E-state index contributed by atoms with van der Waals surface area (Å²) >= 11 is 0. The van der Waals surface area contributed by atoms with E-state index in [1.807, 2.05) is 19.1 Å². The normalized spacial score (nSPS) is 21.3. The van der Waals surface area contributed by atoms with Gasteiger partial charge in [0.1, 0.15) is 5.75 Å². The Morgan fingerprint density at radius 3 is 2.66 bits per heavy atom. The smallest absolute Gasteiger partial charge is 0.191 e. The van der Waals surface area contributed by atoms with Gasteiger partial charge in [0, 0.05) is 43.7 Å². The lowest BCUT2D eigenvalue weighted by atomic mass is 9.95. The summed E-state index contributed by atoms with van der Waals surface area (Å²) in [7, 11) is 1.73. The Morgan fingerprint density at radius 2 is 2.00 bits per heavy atom. The van der Waals surface area contributed by atoms with E-state index in [1.165, 1.54) is 5.56 Å². The van der Waals surface area contributed by atoms with Gasteiger partial charge in [0.15, 0.2) is 5.96 Å². The first-order valence-electron chi connectivity index (χ1n) is 10.7. The molecule has 0 spiro atoms. The van der Waals surface area contributed by atoms with Crippen LogP contribution in [0.15, 0.2) is 29.3 Å². The van der Waals surface area contributed by atoms with Crippen LogP contribution in [-0.4, -0.2) is 81.2 Å². The van der Waals surface area contributed by atoms with Crippen LogP contribution in [-0.2, 0) is 10.2 Å². The molecule has 7 heteroatoms. The Hall–Kier alpha value is -1.83. The molecule has 1 aliphatic heterocycles. The molecule has 1 aromatic carbocycles. The minimum absolute atomic E-state index is 0.0963. The van der Waals surface area contributed by atoms with Gasteiger partial charge in [-0.15, -0.1) is 0 Å². The Labute approximate surface area is 174 Å². The highest BCUT2D eigenvalue weighted by Crippen LogP contribution is 2.50. The van der Waals surface area contributed by atoms with E-state index < -0.39 is 5.60 Å². The van der Waals surface area contributed by atoms with E-state index in [1.54, 1.807) is 7.11 Å². The number of morpholine rings is 1. The predicted octanol–water partition coefficient (Wildman–Crippen LogP) is 1.37. The predicted molar refractivity (Wildman–Crippen MR) is 116 cm³/mol. The average molecular weight is 405 g/mol. The lowest BCUT2D eigenvalue weighted by Crippen LogP contribution is -2.48. The number of β-amino-alcohol motifs (C(OH)–C–C–N with tert-alkyl or cyclic N) is 1. The van der Waals surface area contributed by atoms with Crippen LogP contribution in [0.25, 0.3) is 0 Å². The first-order chi connectivity index (χ1) is 14.0. The van der Waals surface area contributed by atoms with Crippen LogP contribution in [0.4, 0.5) is 0 Å². The molecule has 1 unspecified atom stereocenters. The van der Waals surface area contributed by atoms with E-state index in [0.717, 1.165) is 63.9 Å². The van der Waals surface area contributed by atoms with E-state index >= 15 is 0 Å². The van der Waals surface area contributed by atoms with Crippen molar-refractivity contribution in [1.29, 1.82) is 0 Å². The fraction of sp³-hybridized carbons (Fsp3) is 0.682. The van der Waals surface area contributed by atoms with Gasteiger partial charge < -0.3 is 25.2 Å². The van der Waals surface area contributed by atoms with E-state index in [9.17, 15) is 5.11 Å². The first kappa shape index (κ1) is 21.9. The highest BCUT2D eigenvalue weighted by Gasteiger charge is 2.46. The Kier molecular flexibility index (Phi) is 7.38. The molecule has 1 atom stereocenters. The molecule has 162 valence electrons. The molecule has 0 amide bonds. The monoisotopic (exact) mass is 404 g/mol. The van der Waals surface area contributed by atoms with Gasteiger partial charge in [-0.25, -0.2) is 0 Å². The van der Waals surface area contributed by atoms with Gasteiger partial charge in [-0.1, -0.05) is 18.2 Å². The summed E-state index contributed by atoms with van der Waals surface area (Å²) in [5, 5.41) is 17.6. The number of aliphatic hydroxyl groups is 1. The van der Waals surface area contributed by atoms with E-state index in [4.69, 9.17) is 9.47 Å². The molecule has 1 saturated heterocycles. The molecule has 1 saturated carbocycles.